The third kappa shape index (κ3) is 5.08. The van der Waals surface area contributed by atoms with Crippen LogP contribution in [0.25, 0.3) is 11.1 Å². The Kier molecular flexibility index (Phi) is 5.96. The number of hydrogen-bond donors (Lipinski definition) is 1. The highest BCUT2D eigenvalue weighted by Crippen LogP contribution is 2.25. The van der Waals surface area contributed by atoms with Gasteiger partial charge in [-0.3, -0.25) is 0 Å². The molecule has 0 fully saturated rings. The summed E-state index contributed by atoms with van der Waals surface area (Å²) < 4.78 is 0. The van der Waals surface area contributed by atoms with Crippen LogP contribution in [0.4, 0.5) is 11.4 Å². The zero-order valence-corrected chi connectivity index (χ0v) is 16.8. The molecule has 2 nitrogen and oxygen atoms in total. The Bertz CT molecular complexity index is 1010. The number of hydrogen-bond acceptors (Lipinski definition) is 2. The third-order valence-electron chi connectivity index (χ3n) is 5.13. The lowest BCUT2D eigenvalue weighted by molar-refractivity contribution is 1.04. The van der Waals surface area contributed by atoms with Gasteiger partial charge in [0.25, 0.3) is 0 Å². The van der Waals surface area contributed by atoms with Gasteiger partial charge in [0.2, 0.25) is 7.98 Å². The van der Waals surface area contributed by atoms with E-state index in [1.54, 1.807) is 0 Å². The van der Waals surface area contributed by atoms with Gasteiger partial charge < -0.3 is 10.1 Å². The maximum atomic E-state index is 3.48. The van der Waals surface area contributed by atoms with Crippen LogP contribution in [0.3, 0.4) is 0 Å². The number of nitrogens with zero attached hydrogens (tertiary/aromatic N) is 1. The first-order valence-electron chi connectivity index (χ1n) is 10.0. The van der Waals surface area contributed by atoms with Gasteiger partial charge in [-0.05, 0) is 46.5 Å². The van der Waals surface area contributed by atoms with Crippen LogP contribution in [0.1, 0.15) is 11.1 Å². The zero-order chi connectivity index (χ0) is 19.9. The van der Waals surface area contributed by atoms with E-state index in [0.717, 1.165) is 18.8 Å². The number of anilines is 2. The minimum Gasteiger partial charge on any atom is -0.418 e. The first-order chi connectivity index (χ1) is 14.3. The molecule has 0 unspecified atom stereocenters. The maximum Gasteiger partial charge on any atom is 0.217 e. The summed E-state index contributed by atoms with van der Waals surface area (Å²) >= 11 is 0. The third-order valence-corrected chi connectivity index (χ3v) is 5.13. The van der Waals surface area contributed by atoms with Gasteiger partial charge >= 0.3 is 0 Å². The topological polar surface area (TPSA) is 15.3 Å². The molecule has 0 saturated heterocycles. The monoisotopic (exact) mass is 376 g/mol. The van der Waals surface area contributed by atoms with E-state index in [2.05, 4.69) is 121 Å². The molecular weight excluding hydrogens is 351 g/mol. The molecule has 0 atom stereocenters. The van der Waals surface area contributed by atoms with Gasteiger partial charge in [-0.2, -0.15) is 0 Å². The van der Waals surface area contributed by atoms with Gasteiger partial charge in [0.05, 0.1) is 0 Å². The summed E-state index contributed by atoms with van der Waals surface area (Å²) in [5.41, 5.74) is 7.42. The van der Waals surface area contributed by atoms with E-state index >= 15 is 0 Å². The number of rotatable bonds is 7. The van der Waals surface area contributed by atoms with Gasteiger partial charge in [0, 0.05) is 24.5 Å². The highest BCUT2D eigenvalue weighted by atomic mass is 15.0. The standard InChI is InChI=1S/C26H25BN2/c27-29(20-22-9-5-2-6-10-22)26-17-13-24(14-18-26)23-11-15-25(16-12-23)28-19-21-7-3-1-4-8-21/h1-18,28H,19-20,27H2. The SMILES string of the molecule is BN(Cc1ccccc1)c1ccc(-c2ccc(NCc3ccccc3)cc2)cc1. The summed E-state index contributed by atoms with van der Waals surface area (Å²) in [4.78, 5) is 2.27. The molecule has 0 radical (unpaired) electrons. The second-order valence-electron chi connectivity index (χ2n) is 7.31. The quantitative estimate of drug-likeness (QED) is 0.427. The van der Waals surface area contributed by atoms with Crippen LogP contribution in [-0.4, -0.2) is 7.98 Å². The molecule has 142 valence electrons. The van der Waals surface area contributed by atoms with Gasteiger partial charge in [0.1, 0.15) is 0 Å². The van der Waals surface area contributed by atoms with Crippen molar-refractivity contribution in [3.63, 3.8) is 0 Å². The Balaban J connectivity index is 1.38. The lowest BCUT2D eigenvalue weighted by atomic mass is 10.0. The van der Waals surface area contributed by atoms with Crippen LogP contribution in [0.5, 0.6) is 0 Å². The smallest absolute Gasteiger partial charge is 0.217 e. The van der Waals surface area contributed by atoms with E-state index in [1.165, 1.54) is 27.9 Å². The lowest BCUT2D eigenvalue weighted by Gasteiger charge is -2.20. The molecule has 0 heterocycles. The molecule has 29 heavy (non-hydrogen) atoms. The molecule has 1 N–H and O–H groups in total. The molecule has 4 aromatic carbocycles. The van der Waals surface area contributed by atoms with Crippen molar-refractivity contribution in [1.82, 2.24) is 0 Å². The zero-order valence-electron chi connectivity index (χ0n) is 16.8. The average molecular weight is 376 g/mol. The largest absolute Gasteiger partial charge is 0.418 e. The Morgan fingerprint density at radius 3 is 1.69 bits per heavy atom. The van der Waals surface area contributed by atoms with Crippen molar-refractivity contribution in [2.75, 3.05) is 10.1 Å². The second kappa shape index (κ2) is 9.16. The summed E-state index contributed by atoms with van der Waals surface area (Å²) in [6.45, 7) is 1.74. The first kappa shape index (κ1) is 18.9. The normalized spacial score (nSPS) is 10.5. The maximum absolute atomic E-state index is 3.48. The molecular formula is C26H25BN2. The van der Waals surface area contributed by atoms with E-state index in [0.29, 0.717) is 0 Å². The van der Waals surface area contributed by atoms with Crippen LogP contribution in [0.15, 0.2) is 109 Å². The molecule has 4 aromatic rings. The van der Waals surface area contributed by atoms with Crippen LogP contribution < -0.4 is 10.1 Å². The molecule has 0 spiro atoms. The van der Waals surface area contributed by atoms with Gasteiger partial charge in [-0.15, -0.1) is 0 Å². The lowest BCUT2D eigenvalue weighted by Crippen LogP contribution is -2.18. The highest BCUT2D eigenvalue weighted by molar-refractivity contribution is 6.17. The van der Waals surface area contributed by atoms with E-state index in [1.807, 2.05) is 6.07 Å². The van der Waals surface area contributed by atoms with Crippen molar-refractivity contribution in [1.29, 1.82) is 0 Å². The summed E-state index contributed by atoms with van der Waals surface area (Å²) in [5, 5.41) is 3.48. The van der Waals surface area contributed by atoms with Gasteiger partial charge in [0.15, 0.2) is 0 Å². The Morgan fingerprint density at radius 1 is 0.586 bits per heavy atom. The molecule has 0 aliphatic rings. The summed E-state index contributed by atoms with van der Waals surface area (Å²) in [7, 11) is 2.13. The predicted molar refractivity (Wildman–Crippen MR) is 127 cm³/mol. The van der Waals surface area contributed by atoms with Crippen molar-refractivity contribution < 1.29 is 0 Å². The van der Waals surface area contributed by atoms with Crippen LogP contribution in [0.2, 0.25) is 0 Å². The minimum atomic E-state index is 0.836. The summed E-state index contributed by atoms with van der Waals surface area (Å²) in [6, 6.07) is 38.5. The fraction of sp³-hybridized carbons (Fsp3) is 0.0769. The van der Waals surface area contributed by atoms with Gasteiger partial charge in [-0.1, -0.05) is 84.9 Å². The van der Waals surface area contributed by atoms with Crippen molar-refractivity contribution in [3.8, 4) is 11.1 Å². The molecule has 0 aliphatic carbocycles. The Morgan fingerprint density at radius 2 is 1.10 bits per heavy atom. The average Bonchev–Trinajstić information content (AvgIpc) is 2.79. The molecule has 0 bridgehead atoms. The minimum absolute atomic E-state index is 0.836. The molecule has 0 aliphatic heterocycles. The molecule has 0 aromatic heterocycles. The van der Waals surface area contributed by atoms with Crippen LogP contribution >= 0.6 is 0 Å². The van der Waals surface area contributed by atoms with Crippen molar-refractivity contribution in [2.24, 2.45) is 0 Å². The summed E-state index contributed by atoms with van der Waals surface area (Å²) in [6.07, 6.45) is 0. The van der Waals surface area contributed by atoms with Crippen molar-refractivity contribution in [3.05, 3.63) is 120 Å². The predicted octanol–water partition coefficient (Wildman–Crippen LogP) is 5.52. The Labute approximate surface area is 174 Å². The van der Waals surface area contributed by atoms with E-state index in [4.69, 9.17) is 0 Å². The highest BCUT2D eigenvalue weighted by Gasteiger charge is 2.04. The van der Waals surface area contributed by atoms with Crippen LogP contribution in [0, 0.1) is 0 Å². The molecule has 0 amide bonds. The summed E-state index contributed by atoms with van der Waals surface area (Å²) in [5.74, 6) is 0. The van der Waals surface area contributed by atoms with Crippen LogP contribution in [-0.2, 0) is 13.1 Å². The first-order valence-corrected chi connectivity index (χ1v) is 10.0. The fourth-order valence-electron chi connectivity index (χ4n) is 3.44. The molecule has 0 saturated carbocycles. The molecule has 3 heteroatoms. The Hall–Kier alpha value is -3.46. The van der Waals surface area contributed by atoms with E-state index < -0.39 is 0 Å². The van der Waals surface area contributed by atoms with E-state index in [-0.39, 0.29) is 0 Å². The van der Waals surface area contributed by atoms with Crippen molar-refractivity contribution in [2.45, 2.75) is 13.1 Å². The number of benzene rings is 4. The number of nitrogens with one attached hydrogen (secondary N) is 1. The van der Waals surface area contributed by atoms with Gasteiger partial charge in [-0.25, -0.2) is 0 Å². The fourth-order valence-corrected chi connectivity index (χ4v) is 3.44. The van der Waals surface area contributed by atoms with Crippen molar-refractivity contribution >= 4 is 19.4 Å². The second-order valence-corrected chi connectivity index (χ2v) is 7.31. The van der Waals surface area contributed by atoms with E-state index in [9.17, 15) is 0 Å². The molecule has 4 rings (SSSR count).